The van der Waals surface area contributed by atoms with Gasteiger partial charge in [0.1, 0.15) is 3.70 Å². The summed E-state index contributed by atoms with van der Waals surface area (Å²) in [6.07, 6.45) is 6.10. The van der Waals surface area contributed by atoms with Crippen LogP contribution in [0.25, 0.3) is 27.6 Å². The van der Waals surface area contributed by atoms with E-state index in [0.29, 0.717) is 19.1 Å². The lowest BCUT2D eigenvalue weighted by Crippen LogP contribution is -2.32. The molecule has 1 amide bonds. The quantitative estimate of drug-likeness (QED) is 0.265. The maximum absolute atomic E-state index is 12.3. The number of halogens is 1. The van der Waals surface area contributed by atoms with Crippen LogP contribution in [0.4, 0.5) is 5.95 Å². The second-order valence-electron chi connectivity index (χ2n) is 8.15. The first-order valence-corrected chi connectivity index (χ1v) is 12.0. The van der Waals surface area contributed by atoms with Crippen molar-refractivity contribution in [1.29, 1.82) is 0 Å². The zero-order valence-corrected chi connectivity index (χ0v) is 20.3. The fourth-order valence-electron chi connectivity index (χ4n) is 4.27. The normalized spacial score (nSPS) is 18.1. The van der Waals surface area contributed by atoms with E-state index in [0.717, 1.165) is 50.6 Å². The Bertz CT molecular complexity index is 1310. The van der Waals surface area contributed by atoms with Crippen LogP contribution in [0, 0.1) is 9.62 Å². The molecule has 10 heteroatoms. The third kappa shape index (κ3) is 4.62. The Hall–Kier alpha value is -2.86. The number of anilines is 1. The molecule has 4 aromatic rings. The lowest BCUT2D eigenvalue weighted by Gasteiger charge is -2.14. The Morgan fingerprint density at radius 2 is 2.18 bits per heavy atom. The number of rotatable bonds is 7. The first-order chi connectivity index (χ1) is 16.1. The molecule has 0 bridgehead atoms. The van der Waals surface area contributed by atoms with Gasteiger partial charge in [-0.25, -0.2) is 9.67 Å². The summed E-state index contributed by atoms with van der Waals surface area (Å²) in [6.45, 7) is 1.06. The van der Waals surface area contributed by atoms with Crippen molar-refractivity contribution in [3.05, 3.63) is 46.4 Å². The second-order valence-corrected chi connectivity index (χ2v) is 9.17. The molecule has 1 aliphatic carbocycles. The van der Waals surface area contributed by atoms with Crippen molar-refractivity contribution in [3.63, 3.8) is 0 Å². The summed E-state index contributed by atoms with van der Waals surface area (Å²) in [7, 11) is 1.63. The SMILES string of the molecule is COCCNC(=O)[C@@H]1CC[C@@H](Nc2ncc3c(I)nn(-c4ccc5ncccc5c4)c3n2)C1. The van der Waals surface area contributed by atoms with Gasteiger partial charge in [0.05, 0.1) is 23.2 Å². The minimum atomic E-state index is 0.000716. The first kappa shape index (κ1) is 22.0. The molecule has 1 fully saturated rings. The van der Waals surface area contributed by atoms with Gasteiger partial charge >= 0.3 is 0 Å². The molecule has 0 radical (unpaired) electrons. The Morgan fingerprint density at radius 1 is 1.27 bits per heavy atom. The summed E-state index contributed by atoms with van der Waals surface area (Å²) >= 11 is 2.21. The molecular weight excluding hydrogens is 533 g/mol. The largest absolute Gasteiger partial charge is 0.383 e. The lowest BCUT2D eigenvalue weighted by molar-refractivity contribution is -0.125. The number of hydrogen-bond acceptors (Lipinski definition) is 7. The van der Waals surface area contributed by atoms with Crippen molar-refractivity contribution in [2.45, 2.75) is 25.3 Å². The molecule has 0 saturated heterocycles. The van der Waals surface area contributed by atoms with Crippen molar-refractivity contribution >= 4 is 56.4 Å². The minimum Gasteiger partial charge on any atom is -0.383 e. The highest BCUT2D eigenvalue weighted by molar-refractivity contribution is 14.1. The summed E-state index contributed by atoms with van der Waals surface area (Å²) in [5.74, 6) is 0.639. The molecule has 0 unspecified atom stereocenters. The second kappa shape index (κ2) is 9.56. The van der Waals surface area contributed by atoms with Crippen LogP contribution in [0.5, 0.6) is 0 Å². The molecule has 1 saturated carbocycles. The standard InChI is InChI=1S/C23H24IN7O2/c1-33-10-9-26-22(32)15-4-5-16(11-15)28-23-27-13-18-20(24)30-31(21(18)29-23)17-6-7-19-14(12-17)3-2-8-25-19/h2-3,6-8,12-13,15-16H,4-5,9-11H2,1H3,(H,26,32)(H,27,28,29)/t15-,16-/m1/s1. The Balaban J connectivity index is 1.36. The van der Waals surface area contributed by atoms with Crippen LogP contribution in [-0.4, -0.2) is 56.9 Å². The van der Waals surface area contributed by atoms with E-state index in [1.807, 2.05) is 35.1 Å². The van der Waals surface area contributed by atoms with Gasteiger partial charge in [0.25, 0.3) is 0 Å². The number of carbonyl (C=O) groups excluding carboxylic acids is 1. The van der Waals surface area contributed by atoms with Gasteiger partial charge in [-0.1, -0.05) is 6.07 Å². The molecule has 1 aliphatic rings. The van der Waals surface area contributed by atoms with Crippen LogP contribution in [0.1, 0.15) is 19.3 Å². The van der Waals surface area contributed by atoms with Crippen LogP contribution >= 0.6 is 22.6 Å². The number of nitrogens with one attached hydrogen (secondary N) is 2. The molecule has 2 atom stereocenters. The fraction of sp³-hybridized carbons (Fsp3) is 0.348. The number of hydrogen-bond donors (Lipinski definition) is 2. The molecule has 2 N–H and O–H groups in total. The summed E-state index contributed by atoms with van der Waals surface area (Å²) in [5, 5.41) is 13.0. The lowest BCUT2D eigenvalue weighted by atomic mass is 10.1. The first-order valence-electron chi connectivity index (χ1n) is 10.9. The van der Waals surface area contributed by atoms with Gasteiger partial charge < -0.3 is 15.4 Å². The Labute approximate surface area is 204 Å². The number of carbonyl (C=O) groups is 1. The summed E-state index contributed by atoms with van der Waals surface area (Å²) in [6, 6.07) is 10.2. The van der Waals surface area contributed by atoms with E-state index >= 15 is 0 Å². The number of fused-ring (bicyclic) bond motifs is 2. The van der Waals surface area contributed by atoms with Crippen LogP contribution in [0.2, 0.25) is 0 Å². The van der Waals surface area contributed by atoms with Crippen LogP contribution < -0.4 is 10.6 Å². The van der Waals surface area contributed by atoms with Crippen molar-refractivity contribution < 1.29 is 9.53 Å². The molecule has 170 valence electrons. The van der Waals surface area contributed by atoms with E-state index in [-0.39, 0.29) is 17.9 Å². The summed E-state index contributed by atoms with van der Waals surface area (Å²) in [4.78, 5) is 26.0. The fourth-order valence-corrected chi connectivity index (χ4v) is 4.86. The predicted octanol–water partition coefficient (Wildman–Crippen LogP) is 3.31. The van der Waals surface area contributed by atoms with Gasteiger partial charge in [0.15, 0.2) is 5.65 Å². The molecule has 3 aromatic heterocycles. The zero-order chi connectivity index (χ0) is 22.8. The highest BCUT2D eigenvalue weighted by Crippen LogP contribution is 2.29. The number of aromatic nitrogens is 5. The van der Waals surface area contributed by atoms with Gasteiger partial charge in [-0.2, -0.15) is 10.1 Å². The highest BCUT2D eigenvalue weighted by atomic mass is 127. The number of pyridine rings is 1. The predicted molar refractivity (Wildman–Crippen MR) is 134 cm³/mol. The Kier molecular flexibility index (Phi) is 6.36. The third-order valence-corrected chi connectivity index (χ3v) is 6.75. The molecule has 5 rings (SSSR count). The van der Waals surface area contributed by atoms with Gasteiger partial charge in [0.2, 0.25) is 11.9 Å². The summed E-state index contributed by atoms with van der Waals surface area (Å²) in [5.41, 5.74) is 2.60. The number of ether oxygens (including phenoxy) is 1. The van der Waals surface area contributed by atoms with Crippen LogP contribution in [-0.2, 0) is 9.53 Å². The Morgan fingerprint density at radius 3 is 3.06 bits per heavy atom. The number of amides is 1. The van der Waals surface area contributed by atoms with Crippen molar-refractivity contribution in [2.75, 3.05) is 25.6 Å². The number of methoxy groups -OCH3 is 1. The molecule has 0 spiro atoms. The van der Waals surface area contributed by atoms with E-state index in [1.165, 1.54) is 0 Å². The molecular formula is C23H24IN7O2. The van der Waals surface area contributed by atoms with Crippen molar-refractivity contribution in [1.82, 2.24) is 30.0 Å². The molecule has 9 nitrogen and oxygen atoms in total. The number of nitrogens with zero attached hydrogens (tertiary/aromatic N) is 5. The summed E-state index contributed by atoms with van der Waals surface area (Å²) < 4.78 is 7.69. The maximum atomic E-state index is 12.3. The van der Waals surface area contributed by atoms with E-state index in [1.54, 1.807) is 13.3 Å². The van der Waals surface area contributed by atoms with Gasteiger partial charge in [-0.15, -0.1) is 0 Å². The average molecular weight is 557 g/mol. The average Bonchev–Trinajstić information content (AvgIpc) is 3.43. The molecule has 33 heavy (non-hydrogen) atoms. The van der Waals surface area contributed by atoms with E-state index in [4.69, 9.17) is 14.8 Å². The van der Waals surface area contributed by atoms with E-state index < -0.39 is 0 Å². The van der Waals surface area contributed by atoms with Crippen LogP contribution in [0.3, 0.4) is 0 Å². The monoisotopic (exact) mass is 557 g/mol. The molecule has 1 aromatic carbocycles. The molecule has 0 aliphatic heterocycles. The van der Waals surface area contributed by atoms with Crippen LogP contribution in [0.15, 0.2) is 42.7 Å². The third-order valence-electron chi connectivity index (χ3n) is 5.95. The van der Waals surface area contributed by atoms with Gasteiger partial charge in [0, 0.05) is 43.4 Å². The van der Waals surface area contributed by atoms with Crippen molar-refractivity contribution in [3.8, 4) is 5.69 Å². The van der Waals surface area contributed by atoms with E-state index in [2.05, 4.69) is 49.3 Å². The topological polar surface area (TPSA) is 107 Å². The highest BCUT2D eigenvalue weighted by Gasteiger charge is 2.30. The van der Waals surface area contributed by atoms with E-state index in [9.17, 15) is 4.79 Å². The maximum Gasteiger partial charge on any atom is 0.224 e. The minimum absolute atomic E-state index is 0.000716. The smallest absolute Gasteiger partial charge is 0.224 e. The van der Waals surface area contributed by atoms with Crippen molar-refractivity contribution in [2.24, 2.45) is 5.92 Å². The van der Waals surface area contributed by atoms with Gasteiger partial charge in [-0.3, -0.25) is 9.78 Å². The molecule has 3 heterocycles. The van der Waals surface area contributed by atoms with Gasteiger partial charge in [-0.05, 0) is 66.1 Å². The zero-order valence-electron chi connectivity index (χ0n) is 18.2. The number of benzene rings is 1.